The van der Waals surface area contributed by atoms with Crippen LogP contribution in [0.5, 0.6) is 0 Å². The fourth-order valence-electron chi connectivity index (χ4n) is 3.09. The quantitative estimate of drug-likeness (QED) is 0.411. The molecule has 3 rings (SSSR count). The minimum absolute atomic E-state index is 0. The normalized spacial score (nSPS) is 14.7. The zero-order chi connectivity index (χ0) is 18.5. The maximum absolute atomic E-state index is 14.0. The van der Waals surface area contributed by atoms with Crippen LogP contribution in [0.25, 0.3) is 0 Å². The van der Waals surface area contributed by atoms with E-state index >= 15 is 0 Å². The van der Waals surface area contributed by atoms with Crippen LogP contribution >= 0.6 is 24.0 Å². The second-order valence-corrected chi connectivity index (χ2v) is 6.24. The number of nitrogens with one attached hydrogen (secondary N) is 1. The molecule has 0 bridgehead atoms. The number of rotatable bonds is 3. The molecule has 1 aromatic carbocycles. The zero-order valence-corrected chi connectivity index (χ0v) is 17.8. The van der Waals surface area contributed by atoms with E-state index in [0.717, 1.165) is 23.4 Å². The Hall–Kier alpha value is -1.97. The number of pyridine rings is 1. The summed E-state index contributed by atoms with van der Waals surface area (Å²) in [5.41, 5.74) is 2.24. The predicted octanol–water partition coefficient (Wildman–Crippen LogP) is 3.18. The van der Waals surface area contributed by atoms with Gasteiger partial charge in [-0.3, -0.25) is 9.98 Å². The van der Waals surface area contributed by atoms with Crippen molar-refractivity contribution < 1.29 is 8.78 Å². The van der Waals surface area contributed by atoms with E-state index in [0.29, 0.717) is 38.4 Å². The standard InChI is InChI=1S/C19H23F2N5.HI/c1-14-4-3-5-16(24-14)13-23-19(22-2)26-10-8-25(9-11-26)18-12-15(20)6-7-17(18)21;/h3-7,12H,8-11,13H2,1-2H3,(H,22,23);1H. The lowest BCUT2D eigenvalue weighted by Crippen LogP contribution is -2.52. The average Bonchev–Trinajstić information content (AvgIpc) is 2.65. The number of aliphatic imine (C=N–C) groups is 1. The summed E-state index contributed by atoms with van der Waals surface area (Å²) in [7, 11) is 1.74. The molecule has 1 aromatic heterocycles. The van der Waals surface area contributed by atoms with Crippen molar-refractivity contribution in [1.29, 1.82) is 0 Å². The molecule has 27 heavy (non-hydrogen) atoms. The largest absolute Gasteiger partial charge is 0.366 e. The highest BCUT2D eigenvalue weighted by molar-refractivity contribution is 14.0. The molecular formula is C19H24F2IN5. The summed E-state index contributed by atoms with van der Waals surface area (Å²) in [5.74, 6) is -0.0347. The number of aryl methyl sites for hydroxylation is 1. The third-order valence-electron chi connectivity index (χ3n) is 4.41. The first-order valence-electron chi connectivity index (χ1n) is 8.65. The van der Waals surface area contributed by atoms with Gasteiger partial charge in [0.1, 0.15) is 11.6 Å². The maximum atomic E-state index is 14.0. The number of nitrogens with zero attached hydrogens (tertiary/aromatic N) is 4. The zero-order valence-electron chi connectivity index (χ0n) is 15.5. The Morgan fingerprint density at radius 1 is 1.15 bits per heavy atom. The highest BCUT2D eigenvalue weighted by Crippen LogP contribution is 2.21. The summed E-state index contributed by atoms with van der Waals surface area (Å²) in [5, 5.41) is 3.32. The first kappa shape index (κ1) is 21.3. The molecule has 0 saturated carbocycles. The van der Waals surface area contributed by atoms with Crippen LogP contribution in [-0.4, -0.2) is 49.1 Å². The van der Waals surface area contributed by atoms with Gasteiger partial charge in [-0.1, -0.05) is 6.07 Å². The first-order valence-corrected chi connectivity index (χ1v) is 8.65. The van der Waals surface area contributed by atoms with Crippen LogP contribution in [0.15, 0.2) is 41.4 Å². The van der Waals surface area contributed by atoms with Crippen molar-refractivity contribution in [1.82, 2.24) is 15.2 Å². The molecule has 146 valence electrons. The van der Waals surface area contributed by atoms with Crippen LogP contribution in [0, 0.1) is 18.6 Å². The van der Waals surface area contributed by atoms with Crippen LogP contribution in [0.2, 0.25) is 0 Å². The van der Waals surface area contributed by atoms with E-state index in [1.54, 1.807) is 7.05 Å². The smallest absolute Gasteiger partial charge is 0.194 e. The second kappa shape index (κ2) is 9.82. The van der Waals surface area contributed by atoms with E-state index < -0.39 is 11.6 Å². The highest BCUT2D eigenvalue weighted by Gasteiger charge is 2.22. The number of benzene rings is 1. The summed E-state index contributed by atoms with van der Waals surface area (Å²) in [6.07, 6.45) is 0. The summed E-state index contributed by atoms with van der Waals surface area (Å²) in [4.78, 5) is 12.8. The van der Waals surface area contributed by atoms with Gasteiger partial charge in [0.25, 0.3) is 0 Å². The molecule has 1 saturated heterocycles. The fraction of sp³-hybridized carbons (Fsp3) is 0.368. The van der Waals surface area contributed by atoms with Crippen LogP contribution < -0.4 is 10.2 Å². The fourth-order valence-corrected chi connectivity index (χ4v) is 3.09. The van der Waals surface area contributed by atoms with Gasteiger partial charge < -0.3 is 15.1 Å². The number of guanidine groups is 1. The van der Waals surface area contributed by atoms with Crippen LogP contribution in [0.1, 0.15) is 11.4 Å². The van der Waals surface area contributed by atoms with E-state index in [9.17, 15) is 8.78 Å². The van der Waals surface area contributed by atoms with Crippen molar-refractivity contribution >= 4 is 35.6 Å². The number of anilines is 1. The van der Waals surface area contributed by atoms with E-state index in [2.05, 4.69) is 20.2 Å². The van der Waals surface area contributed by atoms with E-state index in [1.165, 1.54) is 12.1 Å². The topological polar surface area (TPSA) is 43.8 Å². The molecule has 5 nitrogen and oxygen atoms in total. The van der Waals surface area contributed by atoms with Gasteiger partial charge in [0, 0.05) is 45.0 Å². The Kier molecular flexibility index (Phi) is 7.76. The number of piperazine rings is 1. The predicted molar refractivity (Wildman–Crippen MR) is 115 cm³/mol. The molecule has 1 aliphatic rings. The van der Waals surface area contributed by atoms with Crippen molar-refractivity contribution in [3.05, 3.63) is 59.4 Å². The van der Waals surface area contributed by atoms with E-state index in [-0.39, 0.29) is 24.0 Å². The molecule has 0 spiro atoms. The lowest BCUT2D eigenvalue weighted by atomic mass is 10.2. The van der Waals surface area contributed by atoms with Gasteiger partial charge in [-0.2, -0.15) is 0 Å². The molecule has 0 radical (unpaired) electrons. The molecule has 0 aliphatic carbocycles. The van der Waals surface area contributed by atoms with E-state index in [4.69, 9.17) is 0 Å². The lowest BCUT2D eigenvalue weighted by Gasteiger charge is -2.37. The maximum Gasteiger partial charge on any atom is 0.194 e. The van der Waals surface area contributed by atoms with Crippen molar-refractivity contribution in [3.8, 4) is 0 Å². The minimum Gasteiger partial charge on any atom is -0.366 e. The molecule has 2 heterocycles. The molecule has 1 fully saturated rings. The summed E-state index contributed by atoms with van der Waals surface area (Å²) < 4.78 is 27.4. The van der Waals surface area contributed by atoms with Gasteiger partial charge in [-0.25, -0.2) is 8.78 Å². The van der Waals surface area contributed by atoms with Crippen molar-refractivity contribution in [2.24, 2.45) is 4.99 Å². The molecule has 2 aromatic rings. The molecule has 0 amide bonds. The second-order valence-electron chi connectivity index (χ2n) is 6.24. The molecule has 0 atom stereocenters. The number of hydrogen-bond acceptors (Lipinski definition) is 3. The van der Waals surface area contributed by atoms with Crippen molar-refractivity contribution in [3.63, 3.8) is 0 Å². The number of hydrogen-bond donors (Lipinski definition) is 1. The van der Waals surface area contributed by atoms with Crippen molar-refractivity contribution in [2.45, 2.75) is 13.5 Å². The number of aromatic nitrogens is 1. The minimum atomic E-state index is -0.424. The Morgan fingerprint density at radius 3 is 2.56 bits per heavy atom. The van der Waals surface area contributed by atoms with Gasteiger partial charge in [-0.05, 0) is 31.2 Å². The van der Waals surface area contributed by atoms with Gasteiger partial charge >= 0.3 is 0 Å². The van der Waals surface area contributed by atoms with Gasteiger partial charge in [0.15, 0.2) is 5.96 Å². The third-order valence-corrected chi connectivity index (χ3v) is 4.41. The third kappa shape index (κ3) is 5.50. The summed E-state index contributed by atoms with van der Waals surface area (Å²) in [6, 6.07) is 9.48. The SMILES string of the molecule is CN=C(NCc1cccc(C)n1)N1CCN(c2cc(F)ccc2F)CC1.I. The molecule has 1 N–H and O–H groups in total. The average molecular weight is 487 g/mol. The monoisotopic (exact) mass is 487 g/mol. The summed E-state index contributed by atoms with van der Waals surface area (Å²) in [6.45, 7) is 5.11. The van der Waals surface area contributed by atoms with Crippen LogP contribution in [0.3, 0.4) is 0 Å². The Morgan fingerprint density at radius 2 is 1.89 bits per heavy atom. The molecule has 8 heteroatoms. The first-order chi connectivity index (χ1) is 12.6. The summed E-state index contributed by atoms with van der Waals surface area (Å²) >= 11 is 0. The van der Waals surface area contributed by atoms with Crippen LogP contribution in [-0.2, 0) is 6.54 Å². The molecule has 1 aliphatic heterocycles. The Bertz CT molecular complexity index is 791. The lowest BCUT2D eigenvalue weighted by molar-refractivity contribution is 0.370. The molecule has 0 unspecified atom stereocenters. The Labute approximate surface area is 175 Å². The number of halogens is 3. The highest BCUT2D eigenvalue weighted by atomic mass is 127. The van der Waals surface area contributed by atoms with Gasteiger partial charge in [0.05, 0.1) is 17.9 Å². The molecular weight excluding hydrogens is 463 g/mol. The van der Waals surface area contributed by atoms with Crippen molar-refractivity contribution in [2.75, 3.05) is 38.1 Å². The Balaban J connectivity index is 0.00000261. The van der Waals surface area contributed by atoms with Crippen LogP contribution in [0.4, 0.5) is 14.5 Å². The van der Waals surface area contributed by atoms with E-state index in [1.807, 2.05) is 30.0 Å². The van der Waals surface area contributed by atoms with Gasteiger partial charge in [0.2, 0.25) is 0 Å². The van der Waals surface area contributed by atoms with Gasteiger partial charge in [-0.15, -0.1) is 24.0 Å².